The number of thioether (sulfide) groups is 1. The molecule has 3 aliphatic rings. The Morgan fingerprint density at radius 3 is 2.66 bits per heavy atom. The second kappa shape index (κ2) is 8.22. The first-order valence-electron chi connectivity index (χ1n) is 10.2. The predicted octanol–water partition coefficient (Wildman–Crippen LogP) is 4.05. The van der Waals surface area contributed by atoms with Crippen LogP contribution in [0.1, 0.15) is 33.1 Å². The summed E-state index contributed by atoms with van der Waals surface area (Å²) in [6.45, 7) is 5.48. The molecule has 0 aromatic heterocycles. The zero-order chi connectivity index (χ0) is 20.4. The van der Waals surface area contributed by atoms with Crippen molar-refractivity contribution in [2.45, 2.75) is 33.1 Å². The highest BCUT2D eigenvalue weighted by Crippen LogP contribution is 2.59. The van der Waals surface area contributed by atoms with E-state index in [0.717, 1.165) is 30.7 Å². The Balaban J connectivity index is 1.28. The second-order valence-electron chi connectivity index (χ2n) is 8.29. The van der Waals surface area contributed by atoms with Crippen molar-refractivity contribution in [2.75, 3.05) is 18.8 Å². The van der Waals surface area contributed by atoms with Gasteiger partial charge >= 0.3 is 6.09 Å². The van der Waals surface area contributed by atoms with E-state index >= 15 is 0 Å². The Kier molecular flexibility index (Phi) is 5.67. The summed E-state index contributed by atoms with van der Waals surface area (Å²) < 4.78 is 5.43. The van der Waals surface area contributed by atoms with Crippen LogP contribution in [0.3, 0.4) is 0 Å². The van der Waals surface area contributed by atoms with Crippen LogP contribution in [0.5, 0.6) is 5.75 Å². The molecule has 1 atom stereocenters. The molecular weight excluding hydrogens is 386 g/mol. The summed E-state index contributed by atoms with van der Waals surface area (Å²) >= 11 is 1.57. The van der Waals surface area contributed by atoms with Crippen molar-refractivity contribution in [1.29, 1.82) is 0 Å². The molecule has 1 saturated carbocycles. The maximum absolute atomic E-state index is 12.8. The van der Waals surface area contributed by atoms with Gasteiger partial charge in [0.25, 0.3) is 0 Å². The van der Waals surface area contributed by atoms with Gasteiger partial charge in [0.05, 0.1) is 0 Å². The van der Waals surface area contributed by atoms with Crippen LogP contribution in [-0.2, 0) is 4.79 Å². The van der Waals surface area contributed by atoms with Crippen molar-refractivity contribution in [1.82, 2.24) is 10.2 Å². The first-order chi connectivity index (χ1) is 14.0. The summed E-state index contributed by atoms with van der Waals surface area (Å²) in [5, 5.41) is 3.75. The van der Waals surface area contributed by atoms with Gasteiger partial charge < -0.3 is 15.0 Å². The van der Waals surface area contributed by atoms with E-state index in [1.54, 1.807) is 28.8 Å². The number of amides is 2. The third-order valence-corrected chi connectivity index (χ3v) is 6.84. The molecule has 1 aliphatic carbocycles. The van der Waals surface area contributed by atoms with Crippen molar-refractivity contribution < 1.29 is 14.3 Å². The zero-order valence-electron chi connectivity index (χ0n) is 16.9. The molecule has 154 valence electrons. The van der Waals surface area contributed by atoms with Crippen LogP contribution >= 0.6 is 11.8 Å². The van der Waals surface area contributed by atoms with Crippen molar-refractivity contribution in [3.8, 4) is 5.75 Å². The minimum absolute atomic E-state index is 0.0199. The van der Waals surface area contributed by atoms with Crippen LogP contribution in [-0.4, -0.2) is 40.9 Å². The lowest BCUT2D eigenvalue weighted by Gasteiger charge is -2.32. The molecule has 1 unspecified atom stereocenters. The molecule has 1 aromatic rings. The number of nitrogens with one attached hydrogen (secondary N) is 1. The minimum Gasteiger partial charge on any atom is -0.410 e. The van der Waals surface area contributed by atoms with Crippen molar-refractivity contribution >= 4 is 28.9 Å². The fourth-order valence-corrected chi connectivity index (χ4v) is 4.84. The number of piperidine rings is 1. The van der Waals surface area contributed by atoms with Crippen LogP contribution < -0.4 is 10.1 Å². The molecule has 2 aliphatic heterocycles. The van der Waals surface area contributed by atoms with Gasteiger partial charge in [-0.05, 0) is 42.7 Å². The lowest BCUT2D eigenvalue weighted by molar-refractivity contribution is -0.121. The number of rotatable bonds is 3. The highest BCUT2D eigenvalue weighted by atomic mass is 32.2. The Morgan fingerprint density at radius 1 is 1.24 bits per heavy atom. The summed E-state index contributed by atoms with van der Waals surface area (Å²) in [4.78, 5) is 31.4. The smallest absolute Gasteiger partial charge is 0.410 e. The van der Waals surface area contributed by atoms with Crippen LogP contribution in [0.15, 0.2) is 47.1 Å². The summed E-state index contributed by atoms with van der Waals surface area (Å²) in [5.41, 5.74) is 1.07. The number of ether oxygens (including phenoxy) is 1. The van der Waals surface area contributed by atoms with E-state index in [9.17, 15) is 9.59 Å². The average Bonchev–Trinajstić information content (AvgIpc) is 3.42. The van der Waals surface area contributed by atoms with E-state index in [1.165, 1.54) is 0 Å². The number of aliphatic imine (C=N–C) groups is 1. The summed E-state index contributed by atoms with van der Waals surface area (Å²) in [5.74, 6) is 1.85. The van der Waals surface area contributed by atoms with Crippen LogP contribution in [0, 0.1) is 17.3 Å². The average molecular weight is 414 g/mol. The lowest BCUT2D eigenvalue weighted by atomic mass is 9.91. The number of benzene rings is 1. The predicted molar refractivity (Wildman–Crippen MR) is 115 cm³/mol. The molecule has 2 heterocycles. The molecule has 1 aromatic carbocycles. The van der Waals surface area contributed by atoms with Gasteiger partial charge in [0, 0.05) is 30.5 Å². The number of nitrogens with zero attached hydrogens (tertiary/aromatic N) is 2. The van der Waals surface area contributed by atoms with Crippen molar-refractivity contribution in [2.24, 2.45) is 22.2 Å². The fraction of sp³-hybridized carbons (Fsp3) is 0.500. The Hall–Kier alpha value is -2.28. The third-order valence-electron chi connectivity index (χ3n) is 6.04. The quantitative estimate of drug-likeness (QED) is 0.812. The van der Waals surface area contributed by atoms with Gasteiger partial charge in [-0.2, -0.15) is 0 Å². The van der Waals surface area contributed by atoms with Crippen molar-refractivity contribution in [3.05, 3.63) is 42.1 Å². The first-order valence-corrected chi connectivity index (χ1v) is 11.2. The molecule has 0 radical (unpaired) electrons. The number of allylic oxidation sites excluding steroid dienone is 1. The number of hydrogen-bond acceptors (Lipinski definition) is 5. The van der Waals surface area contributed by atoms with E-state index in [2.05, 4.69) is 30.2 Å². The largest absolute Gasteiger partial charge is 0.415 e. The molecular formula is C22H27N3O3S. The van der Waals surface area contributed by atoms with Gasteiger partial charge in [0.15, 0.2) is 5.17 Å². The Labute approximate surface area is 175 Å². The normalized spacial score (nSPS) is 22.7. The summed E-state index contributed by atoms with van der Waals surface area (Å²) in [6.07, 6.45) is 4.38. The second-order valence-corrected chi connectivity index (χ2v) is 9.30. The number of hydrogen-bond donors (Lipinski definition) is 1. The molecule has 0 bridgehead atoms. The van der Waals surface area contributed by atoms with Crippen LogP contribution in [0.4, 0.5) is 4.79 Å². The lowest BCUT2D eigenvalue weighted by Crippen LogP contribution is -2.42. The highest BCUT2D eigenvalue weighted by molar-refractivity contribution is 8.14. The van der Waals surface area contributed by atoms with E-state index in [0.29, 0.717) is 29.9 Å². The van der Waals surface area contributed by atoms with Crippen molar-refractivity contribution in [3.63, 3.8) is 0 Å². The van der Waals surface area contributed by atoms with E-state index in [-0.39, 0.29) is 23.3 Å². The van der Waals surface area contributed by atoms with Crippen LogP contribution in [0.2, 0.25) is 0 Å². The maximum Gasteiger partial charge on any atom is 0.415 e. The van der Waals surface area contributed by atoms with Gasteiger partial charge in [0.1, 0.15) is 5.75 Å². The molecule has 2 amide bonds. The van der Waals surface area contributed by atoms with Crippen LogP contribution in [0.25, 0.3) is 0 Å². The molecule has 4 rings (SSSR count). The molecule has 7 heteroatoms. The van der Waals surface area contributed by atoms with Gasteiger partial charge in [0.2, 0.25) is 5.91 Å². The Bertz CT molecular complexity index is 842. The topological polar surface area (TPSA) is 71.0 Å². The molecule has 1 saturated heterocycles. The molecule has 29 heavy (non-hydrogen) atoms. The van der Waals surface area contributed by atoms with E-state index < -0.39 is 0 Å². The molecule has 1 N–H and O–H groups in total. The maximum atomic E-state index is 12.8. The molecule has 6 nitrogen and oxygen atoms in total. The highest BCUT2D eigenvalue weighted by Gasteiger charge is 2.59. The summed E-state index contributed by atoms with van der Waals surface area (Å²) in [6, 6.07) is 9.12. The SMILES string of the molecule is CC(C)C1=CCSC(NC(=O)C2CC23CCN(C(=O)Oc2ccccc2)CC3)=N1. The zero-order valence-corrected chi connectivity index (χ0v) is 17.7. The number of carbonyl (C=O) groups is 2. The van der Waals surface area contributed by atoms with E-state index in [4.69, 9.17) is 4.74 Å². The first kappa shape index (κ1) is 20.0. The van der Waals surface area contributed by atoms with Gasteiger partial charge in [-0.25, -0.2) is 9.79 Å². The molecule has 1 spiro atoms. The molecule has 2 fully saturated rings. The van der Waals surface area contributed by atoms with E-state index in [1.807, 2.05) is 18.2 Å². The summed E-state index contributed by atoms with van der Waals surface area (Å²) in [7, 11) is 0. The Morgan fingerprint density at radius 2 is 1.97 bits per heavy atom. The van der Waals surface area contributed by atoms with Gasteiger partial charge in [-0.1, -0.05) is 49.9 Å². The number of carbonyl (C=O) groups excluding carboxylic acids is 2. The number of amidine groups is 1. The van der Waals surface area contributed by atoms with Gasteiger partial charge in [-0.3, -0.25) is 4.79 Å². The fourth-order valence-electron chi connectivity index (χ4n) is 4.08. The monoisotopic (exact) mass is 413 g/mol. The van der Waals surface area contributed by atoms with Gasteiger partial charge in [-0.15, -0.1) is 0 Å². The third kappa shape index (κ3) is 4.50. The number of para-hydroxylation sites is 1. The number of likely N-dealkylation sites (tertiary alicyclic amines) is 1. The minimum atomic E-state index is -0.311. The standard InChI is InChI=1S/C22H27N3O3S/c1-15(2)18-8-13-29-20(23-18)24-19(26)17-14-22(17)9-11-25(12-10-22)21(27)28-16-6-4-3-5-7-16/h3-8,15,17H,9-14H2,1-2H3,(H,23,24,26).